The molecule has 0 amide bonds. The van der Waals surface area contributed by atoms with Crippen molar-refractivity contribution in [3.05, 3.63) is 17.0 Å². The van der Waals surface area contributed by atoms with E-state index in [0.717, 1.165) is 25.1 Å². The van der Waals surface area contributed by atoms with E-state index in [1.54, 1.807) is 0 Å². The van der Waals surface area contributed by atoms with Crippen LogP contribution in [-0.2, 0) is 6.54 Å². The van der Waals surface area contributed by atoms with Crippen LogP contribution >= 0.6 is 0 Å². The van der Waals surface area contributed by atoms with E-state index in [0.29, 0.717) is 12.3 Å². The van der Waals surface area contributed by atoms with Crippen molar-refractivity contribution < 1.29 is 5.21 Å². The van der Waals surface area contributed by atoms with Crippen LogP contribution in [0.4, 0.5) is 0 Å². The van der Waals surface area contributed by atoms with Crippen molar-refractivity contribution in [1.82, 2.24) is 9.78 Å². The maximum atomic E-state index is 8.64. The third-order valence-electron chi connectivity index (χ3n) is 3.87. The van der Waals surface area contributed by atoms with Crippen molar-refractivity contribution in [2.45, 2.75) is 46.6 Å². The maximum Gasteiger partial charge on any atom is 0.139 e. The van der Waals surface area contributed by atoms with Crippen molar-refractivity contribution in [2.75, 3.05) is 0 Å². The van der Waals surface area contributed by atoms with Crippen LogP contribution in [0.3, 0.4) is 0 Å². The zero-order chi connectivity index (χ0) is 12.6. The highest BCUT2D eigenvalue weighted by atomic mass is 16.4. The predicted octanol–water partition coefficient (Wildman–Crippen LogP) is 1.73. The van der Waals surface area contributed by atoms with Gasteiger partial charge in [0, 0.05) is 18.7 Å². The van der Waals surface area contributed by atoms with Gasteiger partial charge >= 0.3 is 0 Å². The highest BCUT2D eigenvalue weighted by Gasteiger charge is 2.44. The van der Waals surface area contributed by atoms with Gasteiger partial charge in [0.25, 0.3) is 0 Å². The first-order valence-corrected chi connectivity index (χ1v) is 5.94. The number of aryl methyl sites for hydroxylation is 1. The largest absolute Gasteiger partial charge is 0.409 e. The Labute approximate surface area is 101 Å². The molecule has 5 heteroatoms. The molecule has 94 valence electrons. The number of rotatable bonds is 4. The van der Waals surface area contributed by atoms with Gasteiger partial charge in [-0.15, -0.1) is 0 Å². The molecule has 1 saturated carbocycles. The smallest absolute Gasteiger partial charge is 0.139 e. The number of nitrogens with zero attached hydrogens (tertiary/aromatic N) is 3. The highest BCUT2D eigenvalue weighted by molar-refractivity contribution is 5.80. The van der Waals surface area contributed by atoms with E-state index in [1.807, 2.05) is 6.92 Å². The molecule has 1 aromatic rings. The summed E-state index contributed by atoms with van der Waals surface area (Å²) in [6.07, 6.45) is 2.90. The average molecular weight is 236 g/mol. The molecule has 17 heavy (non-hydrogen) atoms. The lowest BCUT2D eigenvalue weighted by molar-refractivity contribution is 0.312. The Morgan fingerprint density at radius 3 is 2.53 bits per heavy atom. The quantitative estimate of drug-likeness (QED) is 0.362. The first-order chi connectivity index (χ1) is 7.97. The molecule has 3 N–H and O–H groups in total. The van der Waals surface area contributed by atoms with Crippen molar-refractivity contribution >= 4 is 5.84 Å². The summed E-state index contributed by atoms with van der Waals surface area (Å²) in [7, 11) is 0. The van der Waals surface area contributed by atoms with E-state index >= 15 is 0 Å². The normalized spacial score (nSPS) is 18.4. The minimum absolute atomic E-state index is 0.159. The molecule has 5 nitrogen and oxygen atoms in total. The predicted molar refractivity (Wildman–Crippen MR) is 66.1 cm³/mol. The summed E-state index contributed by atoms with van der Waals surface area (Å²) < 4.78 is 2.06. The highest BCUT2D eigenvalue weighted by Crippen LogP contribution is 2.50. The zero-order valence-corrected chi connectivity index (χ0v) is 10.7. The van der Waals surface area contributed by atoms with E-state index in [9.17, 15) is 0 Å². The molecule has 0 spiro atoms. The molecule has 0 bridgehead atoms. The van der Waals surface area contributed by atoms with Crippen molar-refractivity contribution in [3.63, 3.8) is 0 Å². The summed E-state index contributed by atoms with van der Waals surface area (Å²) in [5.74, 6) is 0.320. The third-order valence-corrected chi connectivity index (χ3v) is 3.87. The van der Waals surface area contributed by atoms with E-state index in [-0.39, 0.29) is 5.41 Å². The van der Waals surface area contributed by atoms with Crippen molar-refractivity contribution in [1.29, 1.82) is 0 Å². The summed E-state index contributed by atoms with van der Waals surface area (Å²) in [6.45, 7) is 7.08. The number of nitrogens with two attached hydrogens (primary N) is 1. The van der Waals surface area contributed by atoms with Gasteiger partial charge in [0.2, 0.25) is 0 Å². The van der Waals surface area contributed by atoms with E-state index in [4.69, 9.17) is 10.9 Å². The van der Waals surface area contributed by atoms with Crippen LogP contribution in [0.15, 0.2) is 5.16 Å². The van der Waals surface area contributed by atoms with Gasteiger partial charge in [-0.05, 0) is 44.6 Å². The Morgan fingerprint density at radius 1 is 1.47 bits per heavy atom. The van der Waals surface area contributed by atoms with E-state index in [1.165, 1.54) is 11.3 Å². The second kappa shape index (κ2) is 4.05. The van der Waals surface area contributed by atoms with Gasteiger partial charge in [-0.2, -0.15) is 5.10 Å². The summed E-state index contributed by atoms with van der Waals surface area (Å²) in [6, 6.07) is 0. The van der Waals surface area contributed by atoms with Gasteiger partial charge in [-0.3, -0.25) is 4.68 Å². The number of aromatic nitrogens is 2. The summed E-state index contributed by atoms with van der Waals surface area (Å²) >= 11 is 0. The second-order valence-electron chi connectivity index (χ2n) is 5.22. The van der Waals surface area contributed by atoms with E-state index in [2.05, 4.69) is 28.8 Å². The van der Waals surface area contributed by atoms with Crippen LogP contribution in [0.2, 0.25) is 0 Å². The first-order valence-electron chi connectivity index (χ1n) is 5.94. The molecule has 1 heterocycles. The van der Waals surface area contributed by atoms with Crippen LogP contribution in [0.1, 0.15) is 36.2 Å². The van der Waals surface area contributed by atoms with Crippen molar-refractivity contribution in [3.8, 4) is 0 Å². The van der Waals surface area contributed by atoms with Crippen LogP contribution in [-0.4, -0.2) is 20.8 Å². The molecule has 1 fully saturated rings. The molecule has 2 rings (SSSR count). The van der Waals surface area contributed by atoms with Crippen LogP contribution in [0, 0.1) is 26.2 Å². The molecule has 1 aliphatic carbocycles. The first kappa shape index (κ1) is 12.0. The van der Waals surface area contributed by atoms with Gasteiger partial charge in [0.1, 0.15) is 5.84 Å². The van der Waals surface area contributed by atoms with Gasteiger partial charge in [0.15, 0.2) is 0 Å². The number of oxime groups is 1. The Kier molecular flexibility index (Phi) is 2.85. The topological polar surface area (TPSA) is 76.4 Å². The molecule has 0 unspecified atom stereocenters. The van der Waals surface area contributed by atoms with Gasteiger partial charge in [0.05, 0.1) is 5.69 Å². The zero-order valence-electron chi connectivity index (χ0n) is 10.7. The number of hydrogen-bond donors (Lipinski definition) is 2. The standard InChI is InChI=1S/C12H20N4O/c1-8-9(2)14-16(10(8)3)7-12(4-5-12)6-11(13)15-17/h17H,4-7H2,1-3H3,(H2,13,15). The molecular formula is C12H20N4O. The molecule has 0 aliphatic heterocycles. The Balaban J connectivity index is 2.13. The Bertz CT molecular complexity index is 457. The number of hydrogen-bond acceptors (Lipinski definition) is 3. The lowest BCUT2D eigenvalue weighted by atomic mass is 10.0. The SMILES string of the molecule is Cc1nn(CC2(CC(N)=NO)CC2)c(C)c1C. The molecule has 0 radical (unpaired) electrons. The fraction of sp³-hybridized carbons (Fsp3) is 0.667. The fourth-order valence-electron chi connectivity index (χ4n) is 2.25. The lowest BCUT2D eigenvalue weighted by Crippen LogP contribution is -2.22. The van der Waals surface area contributed by atoms with Gasteiger partial charge < -0.3 is 10.9 Å². The summed E-state index contributed by atoms with van der Waals surface area (Å²) in [4.78, 5) is 0. The molecule has 0 aromatic carbocycles. The van der Waals surface area contributed by atoms with E-state index < -0.39 is 0 Å². The van der Waals surface area contributed by atoms with Crippen molar-refractivity contribution in [2.24, 2.45) is 16.3 Å². The monoisotopic (exact) mass is 236 g/mol. The van der Waals surface area contributed by atoms with Crippen LogP contribution in [0.25, 0.3) is 0 Å². The second-order valence-corrected chi connectivity index (χ2v) is 5.22. The molecule has 0 saturated heterocycles. The van der Waals surface area contributed by atoms with Crippen LogP contribution < -0.4 is 5.73 Å². The lowest BCUT2D eigenvalue weighted by Gasteiger charge is -2.15. The van der Waals surface area contributed by atoms with Crippen LogP contribution in [0.5, 0.6) is 0 Å². The molecular weight excluding hydrogens is 216 g/mol. The van der Waals surface area contributed by atoms with Gasteiger partial charge in [-0.25, -0.2) is 0 Å². The molecule has 1 aromatic heterocycles. The Hall–Kier alpha value is -1.52. The fourth-order valence-corrected chi connectivity index (χ4v) is 2.25. The molecule has 0 atom stereocenters. The Morgan fingerprint density at radius 2 is 2.12 bits per heavy atom. The minimum atomic E-state index is 0.159. The minimum Gasteiger partial charge on any atom is -0.409 e. The molecule has 1 aliphatic rings. The third kappa shape index (κ3) is 2.28. The number of amidine groups is 1. The summed E-state index contributed by atoms with van der Waals surface area (Å²) in [5.41, 5.74) is 9.31. The average Bonchev–Trinajstić information content (AvgIpc) is 3.00. The summed E-state index contributed by atoms with van der Waals surface area (Å²) in [5, 5.41) is 16.2. The van der Waals surface area contributed by atoms with Gasteiger partial charge in [-0.1, -0.05) is 5.16 Å². The maximum absolute atomic E-state index is 8.64.